The summed E-state index contributed by atoms with van der Waals surface area (Å²) in [5.41, 5.74) is 0. The number of alkyl carbamates (subject to hydrolysis) is 1. The van der Waals surface area contributed by atoms with Gasteiger partial charge >= 0.3 is 6.09 Å². The molecule has 2 amide bonds. The van der Waals surface area contributed by atoms with Crippen LogP contribution in [0.5, 0.6) is 5.75 Å². The van der Waals surface area contributed by atoms with Crippen LogP contribution in [0.2, 0.25) is 5.02 Å². The molecule has 23 heavy (non-hydrogen) atoms. The van der Waals surface area contributed by atoms with Crippen LogP contribution in [0.1, 0.15) is 19.8 Å². The Labute approximate surface area is 140 Å². The smallest absolute Gasteiger partial charge is 0.407 e. The summed E-state index contributed by atoms with van der Waals surface area (Å²) >= 11 is 5.80. The van der Waals surface area contributed by atoms with E-state index in [1.165, 1.54) is 0 Å². The van der Waals surface area contributed by atoms with E-state index in [1.807, 2.05) is 0 Å². The van der Waals surface area contributed by atoms with Crippen molar-refractivity contribution in [1.82, 2.24) is 10.2 Å². The third-order valence-corrected chi connectivity index (χ3v) is 3.87. The SMILES string of the molecule is CCOC(=O)NC1CCN(C(=O)COc2ccc(Cl)cc2)CC1. The molecule has 1 aromatic carbocycles. The molecular formula is C16H21ClN2O4. The number of nitrogens with zero attached hydrogens (tertiary/aromatic N) is 1. The molecule has 0 aliphatic carbocycles. The van der Waals surface area contributed by atoms with Crippen molar-refractivity contribution < 1.29 is 19.1 Å². The molecule has 2 rings (SSSR count). The van der Waals surface area contributed by atoms with Crippen LogP contribution >= 0.6 is 11.6 Å². The Morgan fingerprint density at radius 2 is 1.91 bits per heavy atom. The normalized spacial score (nSPS) is 15.1. The number of likely N-dealkylation sites (tertiary alicyclic amines) is 1. The van der Waals surface area contributed by atoms with E-state index in [1.54, 1.807) is 36.1 Å². The minimum Gasteiger partial charge on any atom is -0.484 e. The molecule has 6 nitrogen and oxygen atoms in total. The first kappa shape index (κ1) is 17.4. The lowest BCUT2D eigenvalue weighted by molar-refractivity contribution is -0.134. The molecule has 7 heteroatoms. The van der Waals surface area contributed by atoms with Crippen LogP contribution in [0.3, 0.4) is 0 Å². The number of carbonyl (C=O) groups is 2. The third-order valence-electron chi connectivity index (χ3n) is 3.62. The van der Waals surface area contributed by atoms with Gasteiger partial charge in [-0.25, -0.2) is 4.79 Å². The van der Waals surface area contributed by atoms with Crippen molar-refractivity contribution in [3.8, 4) is 5.75 Å². The van der Waals surface area contributed by atoms with Crippen LogP contribution in [-0.2, 0) is 9.53 Å². The maximum atomic E-state index is 12.1. The largest absolute Gasteiger partial charge is 0.484 e. The molecule has 1 N–H and O–H groups in total. The Bertz CT molecular complexity index is 527. The fourth-order valence-electron chi connectivity index (χ4n) is 2.38. The summed E-state index contributed by atoms with van der Waals surface area (Å²) in [6.45, 7) is 3.31. The minimum absolute atomic E-state index is 0.00238. The van der Waals surface area contributed by atoms with Gasteiger partial charge in [0.05, 0.1) is 6.61 Å². The number of hydrogen-bond donors (Lipinski definition) is 1. The van der Waals surface area contributed by atoms with Crippen LogP contribution in [0, 0.1) is 0 Å². The van der Waals surface area contributed by atoms with Crippen LogP contribution < -0.4 is 10.1 Å². The molecule has 1 aliphatic rings. The lowest BCUT2D eigenvalue weighted by Gasteiger charge is -2.32. The summed E-state index contributed by atoms with van der Waals surface area (Å²) in [6.07, 6.45) is 1.03. The summed E-state index contributed by atoms with van der Waals surface area (Å²) in [5, 5.41) is 3.42. The van der Waals surface area contributed by atoms with Gasteiger partial charge in [0.25, 0.3) is 5.91 Å². The van der Waals surface area contributed by atoms with E-state index in [-0.39, 0.29) is 18.6 Å². The molecule has 0 bridgehead atoms. The van der Waals surface area contributed by atoms with Gasteiger partial charge < -0.3 is 19.7 Å². The second-order valence-corrected chi connectivity index (χ2v) is 5.70. The van der Waals surface area contributed by atoms with E-state index in [9.17, 15) is 9.59 Å². The van der Waals surface area contributed by atoms with E-state index >= 15 is 0 Å². The fourth-order valence-corrected chi connectivity index (χ4v) is 2.51. The van der Waals surface area contributed by atoms with Crippen molar-refractivity contribution in [3.05, 3.63) is 29.3 Å². The number of rotatable bonds is 5. The first-order valence-corrected chi connectivity index (χ1v) is 8.05. The molecule has 0 saturated carbocycles. The zero-order chi connectivity index (χ0) is 16.7. The highest BCUT2D eigenvalue weighted by Crippen LogP contribution is 2.16. The number of halogens is 1. The number of piperidine rings is 1. The second kappa shape index (κ2) is 8.62. The molecule has 1 fully saturated rings. The first-order chi connectivity index (χ1) is 11.1. The molecule has 0 aromatic heterocycles. The van der Waals surface area contributed by atoms with Crippen molar-refractivity contribution in [2.75, 3.05) is 26.3 Å². The zero-order valence-electron chi connectivity index (χ0n) is 13.1. The lowest BCUT2D eigenvalue weighted by atomic mass is 10.1. The lowest BCUT2D eigenvalue weighted by Crippen LogP contribution is -2.47. The van der Waals surface area contributed by atoms with E-state index in [0.29, 0.717) is 43.3 Å². The van der Waals surface area contributed by atoms with E-state index < -0.39 is 6.09 Å². The van der Waals surface area contributed by atoms with E-state index in [4.69, 9.17) is 21.1 Å². The van der Waals surface area contributed by atoms with Crippen LogP contribution in [0.4, 0.5) is 4.79 Å². The Kier molecular flexibility index (Phi) is 6.52. The van der Waals surface area contributed by atoms with Gasteiger partial charge in [0.1, 0.15) is 5.75 Å². The standard InChI is InChI=1S/C16H21ClN2O4/c1-2-22-16(21)18-13-7-9-19(10-8-13)15(20)11-23-14-5-3-12(17)4-6-14/h3-6,13H,2,7-11H2,1H3,(H,18,21). The summed E-state index contributed by atoms with van der Waals surface area (Å²) in [7, 11) is 0. The Hall–Kier alpha value is -1.95. The molecule has 0 atom stereocenters. The highest BCUT2D eigenvalue weighted by molar-refractivity contribution is 6.30. The topological polar surface area (TPSA) is 67.9 Å². The highest BCUT2D eigenvalue weighted by atomic mass is 35.5. The van der Waals surface area contributed by atoms with Crippen molar-refractivity contribution in [1.29, 1.82) is 0 Å². The molecule has 1 aromatic rings. The molecule has 126 valence electrons. The fraction of sp³-hybridized carbons (Fsp3) is 0.500. The molecule has 0 radical (unpaired) electrons. The number of amides is 2. The van der Waals surface area contributed by atoms with Gasteiger partial charge in [0.2, 0.25) is 0 Å². The quantitative estimate of drug-likeness (QED) is 0.894. The maximum Gasteiger partial charge on any atom is 0.407 e. The van der Waals surface area contributed by atoms with Crippen molar-refractivity contribution in [2.45, 2.75) is 25.8 Å². The predicted molar refractivity (Wildman–Crippen MR) is 86.7 cm³/mol. The van der Waals surface area contributed by atoms with Gasteiger partial charge in [-0.15, -0.1) is 0 Å². The number of ether oxygens (including phenoxy) is 2. The van der Waals surface area contributed by atoms with Crippen LogP contribution in [0.15, 0.2) is 24.3 Å². The number of hydrogen-bond acceptors (Lipinski definition) is 4. The Balaban J connectivity index is 1.71. The Morgan fingerprint density at radius 3 is 2.52 bits per heavy atom. The summed E-state index contributed by atoms with van der Waals surface area (Å²) in [4.78, 5) is 25.2. The van der Waals surface area contributed by atoms with Gasteiger partial charge in [-0.1, -0.05) is 11.6 Å². The van der Waals surface area contributed by atoms with Crippen molar-refractivity contribution in [3.63, 3.8) is 0 Å². The Morgan fingerprint density at radius 1 is 1.26 bits per heavy atom. The van der Waals surface area contributed by atoms with Gasteiger partial charge in [-0.2, -0.15) is 0 Å². The second-order valence-electron chi connectivity index (χ2n) is 5.26. The average molecular weight is 341 g/mol. The average Bonchev–Trinajstić information content (AvgIpc) is 2.55. The molecule has 1 aliphatic heterocycles. The summed E-state index contributed by atoms with van der Waals surface area (Å²) < 4.78 is 10.3. The molecule has 1 saturated heterocycles. The molecule has 1 heterocycles. The maximum absolute atomic E-state index is 12.1. The number of nitrogens with one attached hydrogen (secondary N) is 1. The van der Waals surface area contributed by atoms with E-state index in [0.717, 1.165) is 0 Å². The molecular weight excluding hydrogens is 320 g/mol. The van der Waals surface area contributed by atoms with E-state index in [2.05, 4.69) is 5.32 Å². The van der Waals surface area contributed by atoms with Crippen molar-refractivity contribution in [2.24, 2.45) is 0 Å². The predicted octanol–water partition coefficient (Wildman–Crippen LogP) is 2.46. The van der Waals surface area contributed by atoms with Gasteiger partial charge in [0, 0.05) is 24.2 Å². The number of carbonyl (C=O) groups excluding carboxylic acids is 2. The van der Waals surface area contributed by atoms with Crippen LogP contribution in [0.25, 0.3) is 0 Å². The number of benzene rings is 1. The van der Waals surface area contributed by atoms with Gasteiger partial charge in [-0.05, 0) is 44.0 Å². The third kappa shape index (κ3) is 5.63. The zero-order valence-corrected chi connectivity index (χ0v) is 13.8. The summed E-state index contributed by atoms with van der Waals surface area (Å²) in [5.74, 6) is 0.552. The highest BCUT2D eigenvalue weighted by Gasteiger charge is 2.24. The van der Waals surface area contributed by atoms with Gasteiger partial charge in [0.15, 0.2) is 6.61 Å². The minimum atomic E-state index is -0.400. The molecule has 0 spiro atoms. The van der Waals surface area contributed by atoms with Crippen LogP contribution in [-0.4, -0.2) is 49.2 Å². The monoisotopic (exact) mass is 340 g/mol. The van der Waals surface area contributed by atoms with Gasteiger partial charge in [-0.3, -0.25) is 4.79 Å². The molecule has 0 unspecified atom stereocenters. The summed E-state index contributed by atoms with van der Waals surface area (Å²) in [6, 6.07) is 6.94. The first-order valence-electron chi connectivity index (χ1n) is 7.68. The van der Waals surface area contributed by atoms with Crippen molar-refractivity contribution >= 4 is 23.6 Å².